The number of para-hydroxylation sites is 1. The van der Waals surface area contributed by atoms with Crippen LogP contribution in [0.5, 0.6) is 0 Å². The molecule has 1 aromatic heterocycles. The lowest BCUT2D eigenvalue weighted by Crippen LogP contribution is -2.11. The van der Waals surface area contributed by atoms with E-state index in [2.05, 4.69) is 4.98 Å². The Labute approximate surface area is 85.6 Å². The summed E-state index contributed by atoms with van der Waals surface area (Å²) >= 11 is 1.17. The van der Waals surface area contributed by atoms with Crippen LogP contribution in [-0.4, -0.2) is 19.1 Å². The molecule has 2 aromatic rings. The van der Waals surface area contributed by atoms with Crippen LogP contribution in [0.3, 0.4) is 0 Å². The lowest BCUT2D eigenvalue weighted by Gasteiger charge is -2.09. The highest BCUT2D eigenvalue weighted by Crippen LogP contribution is 2.16. The zero-order chi connectivity index (χ0) is 10.1. The van der Waals surface area contributed by atoms with Crippen LogP contribution < -0.4 is 9.64 Å². The first-order valence-electron chi connectivity index (χ1n) is 4.25. The van der Waals surface area contributed by atoms with Gasteiger partial charge in [0, 0.05) is 14.1 Å². The first-order chi connectivity index (χ1) is 6.68. The molecule has 1 heterocycles. The van der Waals surface area contributed by atoms with E-state index >= 15 is 0 Å². The van der Waals surface area contributed by atoms with Gasteiger partial charge in [0.2, 0.25) is 4.74 Å². The zero-order valence-electron chi connectivity index (χ0n) is 8.02. The van der Waals surface area contributed by atoms with E-state index in [-0.39, 0.29) is 4.74 Å². The van der Waals surface area contributed by atoms with E-state index in [1.807, 2.05) is 37.2 Å². The maximum Gasteiger partial charge on any atom is 0.245 e. The van der Waals surface area contributed by atoms with Crippen molar-refractivity contribution < 1.29 is 0 Å². The first kappa shape index (κ1) is 9.15. The highest BCUT2D eigenvalue weighted by molar-refractivity contribution is 7.13. The molecule has 0 radical (unpaired) electrons. The van der Waals surface area contributed by atoms with E-state index in [0.29, 0.717) is 5.39 Å². The maximum absolute atomic E-state index is 11.7. The van der Waals surface area contributed by atoms with Crippen molar-refractivity contribution in [2.45, 2.75) is 0 Å². The van der Waals surface area contributed by atoms with Crippen LogP contribution in [0.25, 0.3) is 10.9 Å². The Balaban J connectivity index is 2.79. The van der Waals surface area contributed by atoms with Crippen LogP contribution in [0.4, 0.5) is 5.13 Å². The van der Waals surface area contributed by atoms with Gasteiger partial charge in [0.25, 0.3) is 0 Å². The third kappa shape index (κ3) is 1.48. The van der Waals surface area contributed by atoms with Crippen molar-refractivity contribution >= 4 is 27.4 Å². The maximum atomic E-state index is 11.7. The van der Waals surface area contributed by atoms with Crippen LogP contribution in [-0.2, 0) is 0 Å². The average Bonchev–Trinajstić information content (AvgIpc) is 2.17. The van der Waals surface area contributed by atoms with Gasteiger partial charge in [-0.25, -0.2) is 4.98 Å². The minimum atomic E-state index is 0.0688. The quantitative estimate of drug-likeness (QED) is 0.712. The molecule has 0 fully saturated rings. The highest BCUT2D eigenvalue weighted by Gasteiger charge is 2.04. The highest BCUT2D eigenvalue weighted by atomic mass is 32.1. The molecule has 0 saturated heterocycles. The third-order valence-electron chi connectivity index (χ3n) is 1.91. The molecule has 4 heteroatoms. The Morgan fingerprint density at radius 2 is 2.00 bits per heavy atom. The van der Waals surface area contributed by atoms with Gasteiger partial charge in [-0.3, -0.25) is 4.79 Å². The molecule has 0 aliphatic heterocycles. The van der Waals surface area contributed by atoms with Crippen molar-refractivity contribution in [1.82, 2.24) is 4.98 Å². The van der Waals surface area contributed by atoms with Crippen molar-refractivity contribution in [2.24, 2.45) is 0 Å². The summed E-state index contributed by atoms with van der Waals surface area (Å²) in [6.45, 7) is 0. The van der Waals surface area contributed by atoms with E-state index in [1.165, 1.54) is 11.3 Å². The summed E-state index contributed by atoms with van der Waals surface area (Å²) in [6, 6.07) is 7.41. The number of nitrogens with zero attached hydrogens (tertiary/aromatic N) is 2. The molecule has 0 unspecified atom stereocenters. The van der Waals surface area contributed by atoms with E-state index in [9.17, 15) is 4.79 Å². The van der Waals surface area contributed by atoms with Crippen LogP contribution in [0.1, 0.15) is 0 Å². The fourth-order valence-corrected chi connectivity index (χ4v) is 1.97. The number of anilines is 1. The molecular formula is C10H10N2OS. The predicted octanol–water partition coefficient (Wildman–Crippen LogP) is 1.72. The van der Waals surface area contributed by atoms with Gasteiger partial charge in [0.05, 0.1) is 10.9 Å². The summed E-state index contributed by atoms with van der Waals surface area (Å²) in [5.74, 6) is 0. The van der Waals surface area contributed by atoms with Gasteiger partial charge < -0.3 is 4.90 Å². The molecule has 0 spiro atoms. The predicted molar refractivity (Wildman–Crippen MR) is 60.2 cm³/mol. The monoisotopic (exact) mass is 206 g/mol. The van der Waals surface area contributed by atoms with Crippen molar-refractivity contribution in [3.8, 4) is 0 Å². The molecule has 0 bridgehead atoms. The summed E-state index contributed by atoms with van der Waals surface area (Å²) in [6.07, 6.45) is 0. The summed E-state index contributed by atoms with van der Waals surface area (Å²) in [7, 11) is 3.76. The van der Waals surface area contributed by atoms with Crippen LogP contribution in [0.2, 0.25) is 0 Å². The summed E-state index contributed by atoms with van der Waals surface area (Å²) < 4.78 is 0.0688. The van der Waals surface area contributed by atoms with Crippen molar-refractivity contribution in [3.63, 3.8) is 0 Å². The summed E-state index contributed by atoms with van der Waals surface area (Å²) in [5.41, 5.74) is 0.764. The lowest BCUT2D eigenvalue weighted by molar-refractivity contribution is 1.11. The molecule has 14 heavy (non-hydrogen) atoms. The van der Waals surface area contributed by atoms with Crippen molar-refractivity contribution in [3.05, 3.63) is 33.8 Å². The molecule has 2 rings (SSSR count). The SMILES string of the molecule is CN(C)c1nc2ccccc2c(=O)s1. The second-order valence-electron chi connectivity index (χ2n) is 3.20. The first-order valence-corrected chi connectivity index (χ1v) is 5.07. The minimum Gasteiger partial charge on any atom is -0.354 e. The van der Waals surface area contributed by atoms with Gasteiger partial charge in [-0.2, -0.15) is 0 Å². The second-order valence-corrected chi connectivity index (χ2v) is 4.14. The molecule has 0 atom stereocenters. The van der Waals surface area contributed by atoms with Gasteiger partial charge in [-0.05, 0) is 12.1 Å². The molecule has 0 saturated carbocycles. The average molecular weight is 206 g/mol. The number of benzene rings is 1. The Bertz CT molecular complexity index is 519. The molecule has 72 valence electrons. The Hall–Kier alpha value is -1.42. The molecule has 0 N–H and O–H groups in total. The molecule has 3 nitrogen and oxygen atoms in total. The Kier molecular flexibility index (Phi) is 2.21. The fourth-order valence-electron chi connectivity index (χ4n) is 1.20. The van der Waals surface area contributed by atoms with E-state index in [0.717, 1.165) is 10.6 Å². The fraction of sp³-hybridized carbons (Fsp3) is 0.200. The normalized spacial score (nSPS) is 10.4. The van der Waals surface area contributed by atoms with Crippen LogP contribution in [0.15, 0.2) is 29.1 Å². The second kappa shape index (κ2) is 3.38. The molecule has 0 aliphatic carbocycles. The Morgan fingerprint density at radius 1 is 1.29 bits per heavy atom. The zero-order valence-corrected chi connectivity index (χ0v) is 8.84. The van der Waals surface area contributed by atoms with Crippen molar-refractivity contribution in [1.29, 1.82) is 0 Å². The molecule has 1 aromatic carbocycles. The molecule has 0 aliphatic rings. The topological polar surface area (TPSA) is 33.2 Å². The number of rotatable bonds is 1. The third-order valence-corrected chi connectivity index (χ3v) is 2.95. The molecular weight excluding hydrogens is 196 g/mol. The summed E-state index contributed by atoms with van der Waals surface area (Å²) in [4.78, 5) is 17.9. The van der Waals surface area contributed by atoms with E-state index < -0.39 is 0 Å². The number of aromatic nitrogens is 1. The summed E-state index contributed by atoms with van der Waals surface area (Å²) in [5, 5.41) is 1.44. The van der Waals surface area contributed by atoms with Gasteiger partial charge >= 0.3 is 0 Å². The Morgan fingerprint density at radius 3 is 2.71 bits per heavy atom. The van der Waals surface area contributed by atoms with Crippen LogP contribution >= 0.6 is 11.3 Å². The molecule has 0 amide bonds. The smallest absolute Gasteiger partial charge is 0.245 e. The minimum absolute atomic E-state index is 0.0688. The largest absolute Gasteiger partial charge is 0.354 e. The van der Waals surface area contributed by atoms with Gasteiger partial charge in [-0.15, -0.1) is 0 Å². The number of fused-ring (bicyclic) bond motifs is 1. The number of hydrogen-bond donors (Lipinski definition) is 0. The lowest BCUT2D eigenvalue weighted by atomic mass is 10.3. The standard InChI is InChI=1S/C10H10N2OS/c1-12(2)10-11-8-6-4-3-5-7(8)9(13)14-10/h3-6H,1-2H3. The van der Waals surface area contributed by atoms with Crippen LogP contribution in [0, 0.1) is 0 Å². The van der Waals surface area contributed by atoms with Gasteiger partial charge in [-0.1, -0.05) is 23.5 Å². The van der Waals surface area contributed by atoms with Gasteiger partial charge in [0.15, 0.2) is 5.13 Å². The van der Waals surface area contributed by atoms with Crippen molar-refractivity contribution in [2.75, 3.05) is 19.0 Å². The van der Waals surface area contributed by atoms with E-state index in [4.69, 9.17) is 0 Å². The van der Waals surface area contributed by atoms with Gasteiger partial charge in [0.1, 0.15) is 0 Å². The van der Waals surface area contributed by atoms with E-state index in [1.54, 1.807) is 6.07 Å². The number of hydrogen-bond acceptors (Lipinski definition) is 4.